The van der Waals surface area contributed by atoms with Gasteiger partial charge in [-0.2, -0.15) is 0 Å². The van der Waals surface area contributed by atoms with Crippen molar-refractivity contribution < 1.29 is 17.4 Å². The van der Waals surface area contributed by atoms with Gasteiger partial charge >= 0.3 is 0 Å². The van der Waals surface area contributed by atoms with Gasteiger partial charge < -0.3 is 5.32 Å². The molecule has 1 aromatic rings. The van der Waals surface area contributed by atoms with E-state index in [0.717, 1.165) is 0 Å². The molecule has 0 aliphatic carbocycles. The molecule has 0 fully saturated rings. The van der Waals surface area contributed by atoms with Gasteiger partial charge in [-0.1, -0.05) is 6.07 Å². The van der Waals surface area contributed by atoms with E-state index in [0.29, 0.717) is 12.2 Å². The molecule has 112 valence electrons. The summed E-state index contributed by atoms with van der Waals surface area (Å²) in [6, 6.07) is 5.38. The zero-order chi connectivity index (χ0) is 15.3. The van der Waals surface area contributed by atoms with Crippen molar-refractivity contribution >= 4 is 26.7 Å². The standard InChI is InChI=1S/C12H18N2O4S2/c1-9(6-7-19(2)16)14-12(15)10-4-3-5-11(8-10)20(13,17)18/h3-5,8-9H,6-7H2,1-2H3,(H,14,15)(H2,13,17,18). The third-order valence-corrected chi connectivity index (χ3v) is 4.36. The number of carbonyl (C=O) groups excluding carboxylic acids is 1. The second-order valence-electron chi connectivity index (χ2n) is 4.51. The molecule has 0 aliphatic heterocycles. The maximum atomic E-state index is 12.0. The quantitative estimate of drug-likeness (QED) is 0.782. The molecule has 2 unspecified atom stereocenters. The highest BCUT2D eigenvalue weighted by Crippen LogP contribution is 2.10. The van der Waals surface area contributed by atoms with Crippen LogP contribution in [0.5, 0.6) is 0 Å². The molecule has 0 saturated carbocycles. The number of hydrogen-bond acceptors (Lipinski definition) is 4. The van der Waals surface area contributed by atoms with Gasteiger partial charge in [0.25, 0.3) is 5.91 Å². The third kappa shape index (κ3) is 5.40. The molecule has 1 rings (SSSR count). The van der Waals surface area contributed by atoms with Crippen molar-refractivity contribution in [3.63, 3.8) is 0 Å². The van der Waals surface area contributed by atoms with Gasteiger partial charge in [0, 0.05) is 34.4 Å². The summed E-state index contributed by atoms with van der Waals surface area (Å²) in [5.74, 6) is 0.114. The number of sulfonamides is 1. The number of rotatable bonds is 6. The summed E-state index contributed by atoms with van der Waals surface area (Å²) >= 11 is 0. The SMILES string of the molecule is CC(CCS(C)=O)NC(=O)c1cccc(S(N)(=O)=O)c1. The first kappa shape index (κ1) is 16.8. The van der Waals surface area contributed by atoms with Crippen LogP contribution in [0, 0.1) is 0 Å². The monoisotopic (exact) mass is 318 g/mol. The molecule has 0 radical (unpaired) electrons. The molecule has 20 heavy (non-hydrogen) atoms. The zero-order valence-electron chi connectivity index (χ0n) is 11.3. The van der Waals surface area contributed by atoms with Crippen LogP contribution in [0.2, 0.25) is 0 Å². The van der Waals surface area contributed by atoms with Crippen LogP contribution < -0.4 is 10.5 Å². The van der Waals surface area contributed by atoms with Crippen LogP contribution in [-0.4, -0.2) is 36.6 Å². The lowest BCUT2D eigenvalue weighted by molar-refractivity contribution is 0.0939. The summed E-state index contributed by atoms with van der Waals surface area (Å²) in [5.41, 5.74) is 0.223. The summed E-state index contributed by atoms with van der Waals surface area (Å²) in [7, 11) is -4.74. The molecule has 0 aromatic heterocycles. The Kier molecular flexibility index (Phi) is 5.85. The third-order valence-electron chi connectivity index (χ3n) is 2.64. The molecular formula is C12H18N2O4S2. The molecule has 1 aromatic carbocycles. The van der Waals surface area contributed by atoms with Gasteiger partial charge in [-0.25, -0.2) is 13.6 Å². The molecule has 1 amide bonds. The zero-order valence-corrected chi connectivity index (χ0v) is 13.0. The number of nitrogens with two attached hydrogens (primary N) is 1. The van der Waals surface area contributed by atoms with Crippen LogP contribution >= 0.6 is 0 Å². The second-order valence-corrected chi connectivity index (χ2v) is 7.63. The maximum absolute atomic E-state index is 12.0. The predicted octanol–water partition coefficient (Wildman–Crippen LogP) is 0.221. The van der Waals surface area contributed by atoms with Crippen LogP contribution in [0.4, 0.5) is 0 Å². The maximum Gasteiger partial charge on any atom is 0.251 e. The van der Waals surface area contributed by atoms with E-state index >= 15 is 0 Å². The number of benzene rings is 1. The average molecular weight is 318 g/mol. The van der Waals surface area contributed by atoms with Crippen LogP contribution in [0.15, 0.2) is 29.2 Å². The van der Waals surface area contributed by atoms with Crippen molar-refractivity contribution in [1.82, 2.24) is 5.32 Å². The van der Waals surface area contributed by atoms with Gasteiger partial charge in [-0.05, 0) is 31.5 Å². The van der Waals surface area contributed by atoms with E-state index in [-0.39, 0.29) is 22.4 Å². The predicted molar refractivity (Wildman–Crippen MR) is 78.3 cm³/mol. The van der Waals surface area contributed by atoms with E-state index in [9.17, 15) is 17.4 Å². The van der Waals surface area contributed by atoms with E-state index in [1.165, 1.54) is 24.3 Å². The smallest absolute Gasteiger partial charge is 0.251 e. The van der Waals surface area contributed by atoms with Crippen molar-refractivity contribution in [3.05, 3.63) is 29.8 Å². The summed E-state index contributed by atoms with van der Waals surface area (Å²) in [4.78, 5) is 11.9. The summed E-state index contributed by atoms with van der Waals surface area (Å²) in [6.07, 6.45) is 2.19. The number of hydrogen-bond donors (Lipinski definition) is 2. The van der Waals surface area contributed by atoms with Gasteiger partial charge in [0.15, 0.2) is 0 Å². The van der Waals surface area contributed by atoms with E-state index in [4.69, 9.17) is 5.14 Å². The summed E-state index contributed by atoms with van der Waals surface area (Å²) < 4.78 is 33.4. The van der Waals surface area contributed by atoms with Gasteiger partial charge in [0.05, 0.1) is 4.90 Å². The molecule has 0 aliphatic rings. The van der Waals surface area contributed by atoms with Crippen LogP contribution in [0.3, 0.4) is 0 Å². The Morgan fingerprint density at radius 1 is 1.45 bits per heavy atom. The summed E-state index contributed by atoms with van der Waals surface area (Å²) in [6.45, 7) is 1.80. The molecule has 2 atom stereocenters. The first-order chi connectivity index (χ1) is 9.20. The highest BCUT2D eigenvalue weighted by Gasteiger charge is 2.13. The molecule has 0 saturated heterocycles. The molecule has 6 nitrogen and oxygen atoms in total. The molecule has 0 spiro atoms. The fourth-order valence-electron chi connectivity index (χ4n) is 1.54. The minimum absolute atomic E-state index is 0.104. The lowest BCUT2D eigenvalue weighted by atomic mass is 10.2. The number of nitrogens with one attached hydrogen (secondary N) is 1. The topological polar surface area (TPSA) is 106 Å². The van der Waals surface area contributed by atoms with E-state index in [2.05, 4.69) is 5.32 Å². The molecule has 8 heteroatoms. The number of carbonyl (C=O) groups is 1. The number of amides is 1. The first-order valence-electron chi connectivity index (χ1n) is 5.94. The van der Waals surface area contributed by atoms with Crippen LogP contribution in [0.1, 0.15) is 23.7 Å². The van der Waals surface area contributed by atoms with Crippen molar-refractivity contribution in [2.24, 2.45) is 5.14 Å². The fourth-order valence-corrected chi connectivity index (χ4v) is 2.78. The van der Waals surface area contributed by atoms with Crippen LogP contribution in [-0.2, 0) is 20.8 Å². The van der Waals surface area contributed by atoms with Crippen molar-refractivity contribution in [2.75, 3.05) is 12.0 Å². The normalized spacial score (nSPS) is 14.6. The van der Waals surface area contributed by atoms with E-state index < -0.39 is 20.8 Å². The number of primary sulfonamides is 1. The average Bonchev–Trinajstić information content (AvgIpc) is 2.35. The van der Waals surface area contributed by atoms with Gasteiger partial charge in [-0.15, -0.1) is 0 Å². The van der Waals surface area contributed by atoms with E-state index in [1.807, 2.05) is 0 Å². The Balaban J connectivity index is 2.75. The molecule has 0 bridgehead atoms. The van der Waals surface area contributed by atoms with Gasteiger partial charge in [0.2, 0.25) is 10.0 Å². The highest BCUT2D eigenvalue weighted by atomic mass is 32.2. The lowest BCUT2D eigenvalue weighted by Crippen LogP contribution is -2.33. The second kappa shape index (κ2) is 6.96. The Bertz CT molecular complexity index is 614. The minimum atomic E-state index is -3.83. The Morgan fingerprint density at radius 2 is 2.10 bits per heavy atom. The minimum Gasteiger partial charge on any atom is -0.350 e. The lowest BCUT2D eigenvalue weighted by Gasteiger charge is -2.13. The van der Waals surface area contributed by atoms with Crippen LogP contribution in [0.25, 0.3) is 0 Å². The van der Waals surface area contributed by atoms with Crippen molar-refractivity contribution in [2.45, 2.75) is 24.3 Å². The van der Waals surface area contributed by atoms with Gasteiger partial charge in [0.1, 0.15) is 0 Å². The summed E-state index contributed by atoms with van der Waals surface area (Å²) in [5, 5.41) is 7.74. The van der Waals surface area contributed by atoms with Crippen molar-refractivity contribution in [3.8, 4) is 0 Å². The Labute approximate surface area is 121 Å². The molecular weight excluding hydrogens is 300 g/mol. The highest BCUT2D eigenvalue weighted by molar-refractivity contribution is 7.89. The fraction of sp³-hybridized carbons (Fsp3) is 0.417. The van der Waals surface area contributed by atoms with Gasteiger partial charge in [-0.3, -0.25) is 9.00 Å². The molecule has 0 heterocycles. The Morgan fingerprint density at radius 3 is 2.65 bits per heavy atom. The Hall–Kier alpha value is -1.25. The first-order valence-corrected chi connectivity index (χ1v) is 9.21. The van der Waals surface area contributed by atoms with Crippen molar-refractivity contribution in [1.29, 1.82) is 0 Å². The largest absolute Gasteiger partial charge is 0.350 e. The molecule has 3 N–H and O–H groups in total. The van der Waals surface area contributed by atoms with E-state index in [1.54, 1.807) is 13.2 Å².